The monoisotopic (exact) mass is 309 g/mol. The molecule has 2 heterocycles. The van der Waals surface area contributed by atoms with Crippen molar-refractivity contribution < 1.29 is 0 Å². The third-order valence-corrected chi connectivity index (χ3v) is 5.35. The van der Waals surface area contributed by atoms with Gasteiger partial charge < -0.3 is 5.32 Å². The van der Waals surface area contributed by atoms with Gasteiger partial charge in [-0.2, -0.15) is 0 Å². The van der Waals surface area contributed by atoms with Gasteiger partial charge in [-0.05, 0) is 42.8 Å². The Morgan fingerprint density at radius 3 is 2.80 bits per heavy atom. The lowest BCUT2D eigenvalue weighted by atomic mass is 9.76. The first-order valence-electron chi connectivity index (χ1n) is 7.23. The summed E-state index contributed by atoms with van der Waals surface area (Å²) in [5.41, 5.74) is 0.382. The smallest absolute Gasteiger partial charge is 0.225 e. The number of hydrogen-bond acceptors (Lipinski definition) is 4. The minimum absolute atomic E-state index is 0.329. The summed E-state index contributed by atoms with van der Waals surface area (Å²) in [5, 5.41) is 4.95. The minimum Gasteiger partial charge on any atom is -0.369 e. The van der Waals surface area contributed by atoms with E-state index >= 15 is 0 Å². The zero-order valence-corrected chi connectivity index (χ0v) is 13.6. The third kappa shape index (κ3) is 2.91. The lowest BCUT2D eigenvalue weighted by Crippen LogP contribution is -2.29. The van der Waals surface area contributed by atoms with E-state index in [9.17, 15) is 0 Å². The van der Waals surface area contributed by atoms with Crippen molar-refractivity contribution in [2.45, 2.75) is 46.0 Å². The maximum Gasteiger partial charge on any atom is 0.225 e. The Bertz CT molecular complexity index is 617. The van der Waals surface area contributed by atoms with Gasteiger partial charge >= 0.3 is 0 Å². The van der Waals surface area contributed by atoms with Crippen molar-refractivity contribution in [3.05, 3.63) is 16.2 Å². The van der Waals surface area contributed by atoms with Gasteiger partial charge in [0, 0.05) is 11.4 Å². The molecule has 20 heavy (non-hydrogen) atoms. The van der Waals surface area contributed by atoms with E-state index in [1.54, 1.807) is 11.3 Å². The first-order valence-corrected chi connectivity index (χ1v) is 8.43. The molecule has 0 unspecified atom stereocenters. The summed E-state index contributed by atoms with van der Waals surface area (Å²) in [4.78, 5) is 10.9. The molecule has 1 fully saturated rings. The van der Waals surface area contributed by atoms with E-state index in [0.717, 1.165) is 22.6 Å². The van der Waals surface area contributed by atoms with Gasteiger partial charge in [0.2, 0.25) is 5.28 Å². The molecule has 1 aliphatic carbocycles. The molecule has 2 aromatic rings. The molecular weight excluding hydrogens is 290 g/mol. The number of thiophene rings is 1. The second-order valence-corrected chi connectivity index (χ2v) is 7.71. The molecule has 0 aromatic carbocycles. The first-order chi connectivity index (χ1) is 9.56. The number of nitrogens with one attached hydrogen (secondary N) is 1. The third-order valence-electron chi connectivity index (χ3n) is 4.23. The van der Waals surface area contributed by atoms with E-state index in [0.29, 0.717) is 10.7 Å². The summed E-state index contributed by atoms with van der Waals surface area (Å²) in [6.07, 6.45) is 6.66. The fourth-order valence-corrected chi connectivity index (χ4v) is 4.13. The van der Waals surface area contributed by atoms with Gasteiger partial charge in [-0.1, -0.05) is 26.2 Å². The van der Waals surface area contributed by atoms with Crippen molar-refractivity contribution in [2.24, 2.45) is 5.41 Å². The summed E-state index contributed by atoms with van der Waals surface area (Å²) in [6, 6.07) is 2.14. The highest BCUT2D eigenvalue weighted by molar-refractivity contribution is 7.18. The lowest BCUT2D eigenvalue weighted by molar-refractivity contribution is 0.233. The molecule has 0 bridgehead atoms. The van der Waals surface area contributed by atoms with Gasteiger partial charge in [0.25, 0.3) is 0 Å². The van der Waals surface area contributed by atoms with Gasteiger partial charge in [-0.25, -0.2) is 9.97 Å². The SMILES string of the molecule is Cc1cc2c(NCC3(C)CCCCC3)nc(Cl)nc2s1. The number of nitrogens with zero attached hydrogens (tertiary/aromatic N) is 2. The molecule has 0 aliphatic heterocycles. The molecule has 1 saturated carbocycles. The van der Waals surface area contributed by atoms with Crippen molar-refractivity contribution in [1.82, 2.24) is 9.97 Å². The van der Waals surface area contributed by atoms with E-state index in [4.69, 9.17) is 11.6 Å². The zero-order valence-electron chi connectivity index (χ0n) is 12.0. The summed E-state index contributed by atoms with van der Waals surface area (Å²) < 4.78 is 0. The highest BCUT2D eigenvalue weighted by atomic mass is 35.5. The van der Waals surface area contributed by atoms with Crippen LogP contribution < -0.4 is 5.32 Å². The fraction of sp³-hybridized carbons (Fsp3) is 0.600. The van der Waals surface area contributed by atoms with Crippen molar-refractivity contribution in [1.29, 1.82) is 0 Å². The Balaban J connectivity index is 1.83. The largest absolute Gasteiger partial charge is 0.369 e. The topological polar surface area (TPSA) is 37.8 Å². The Morgan fingerprint density at radius 1 is 1.30 bits per heavy atom. The summed E-state index contributed by atoms with van der Waals surface area (Å²) in [5.74, 6) is 0.885. The molecule has 1 aliphatic rings. The molecule has 0 amide bonds. The Morgan fingerprint density at radius 2 is 2.05 bits per heavy atom. The summed E-state index contributed by atoms with van der Waals surface area (Å²) in [7, 11) is 0. The molecule has 0 saturated heterocycles. The molecular formula is C15H20ClN3S. The minimum atomic E-state index is 0.329. The average molecular weight is 310 g/mol. The van der Waals surface area contributed by atoms with Crippen molar-refractivity contribution in [2.75, 3.05) is 11.9 Å². The van der Waals surface area contributed by atoms with Crippen LogP contribution in [0.15, 0.2) is 6.07 Å². The van der Waals surface area contributed by atoms with Crippen molar-refractivity contribution >= 4 is 39.0 Å². The molecule has 108 valence electrons. The van der Waals surface area contributed by atoms with E-state index in [2.05, 4.69) is 35.2 Å². The quantitative estimate of drug-likeness (QED) is 0.807. The predicted octanol–water partition coefficient (Wildman–Crippen LogP) is 5.04. The van der Waals surface area contributed by atoms with Crippen LogP contribution >= 0.6 is 22.9 Å². The maximum absolute atomic E-state index is 6.03. The van der Waals surface area contributed by atoms with Crippen LogP contribution in [0.1, 0.15) is 43.9 Å². The number of aryl methyl sites for hydroxylation is 1. The Labute approximate surface area is 128 Å². The van der Waals surface area contributed by atoms with E-state index in [-0.39, 0.29) is 0 Å². The van der Waals surface area contributed by atoms with E-state index in [1.807, 2.05) is 0 Å². The first kappa shape index (κ1) is 14.1. The van der Waals surface area contributed by atoms with E-state index < -0.39 is 0 Å². The van der Waals surface area contributed by atoms with Gasteiger partial charge in [0.15, 0.2) is 0 Å². The molecule has 3 nitrogen and oxygen atoms in total. The highest BCUT2D eigenvalue weighted by Gasteiger charge is 2.26. The number of anilines is 1. The van der Waals surface area contributed by atoms with E-state index in [1.165, 1.54) is 37.0 Å². The number of hydrogen-bond donors (Lipinski definition) is 1. The number of fused-ring (bicyclic) bond motifs is 1. The van der Waals surface area contributed by atoms with Gasteiger partial charge in [-0.3, -0.25) is 0 Å². The standard InChI is InChI=1S/C15H20ClN3S/c1-10-8-11-12(18-14(16)19-13(11)20-10)17-9-15(2)6-4-3-5-7-15/h8H,3-7,9H2,1-2H3,(H,17,18,19). The maximum atomic E-state index is 6.03. The Kier molecular flexibility index (Phi) is 3.87. The van der Waals surface area contributed by atoms with Crippen LogP contribution in [-0.4, -0.2) is 16.5 Å². The molecule has 0 radical (unpaired) electrons. The van der Waals surface area contributed by atoms with Crippen LogP contribution in [-0.2, 0) is 0 Å². The van der Waals surface area contributed by atoms with Crippen molar-refractivity contribution in [3.63, 3.8) is 0 Å². The second-order valence-electron chi connectivity index (χ2n) is 6.14. The molecule has 3 rings (SSSR count). The molecule has 1 N–H and O–H groups in total. The van der Waals surface area contributed by atoms with Gasteiger partial charge in [-0.15, -0.1) is 11.3 Å². The fourth-order valence-electron chi connectivity index (χ4n) is 3.03. The van der Waals surface area contributed by atoms with Crippen LogP contribution in [0.3, 0.4) is 0 Å². The van der Waals surface area contributed by atoms with Gasteiger partial charge in [0.1, 0.15) is 10.6 Å². The highest BCUT2D eigenvalue weighted by Crippen LogP contribution is 2.36. The summed E-state index contributed by atoms with van der Waals surface area (Å²) in [6.45, 7) is 5.43. The predicted molar refractivity (Wildman–Crippen MR) is 86.8 cm³/mol. The van der Waals surface area contributed by atoms with Crippen LogP contribution in [0.4, 0.5) is 5.82 Å². The number of halogens is 1. The molecule has 0 atom stereocenters. The van der Waals surface area contributed by atoms with Crippen LogP contribution in [0.5, 0.6) is 0 Å². The zero-order chi connectivity index (χ0) is 14.2. The second kappa shape index (κ2) is 5.49. The number of rotatable bonds is 3. The van der Waals surface area contributed by atoms with Gasteiger partial charge in [0.05, 0.1) is 5.39 Å². The number of aromatic nitrogens is 2. The van der Waals surface area contributed by atoms with Crippen LogP contribution in [0.2, 0.25) is 5.28 Å². The average Bonchev–Trinajstić information content (AvgIpc) is 2.77. The normalized spacial score (nSPS) is 18.4. The van der Waals surface area contributed by atoms with Crippen molar-refractivity contribution in [3.8, 4) is 0 Å². The molecule has 2 aromatic heterocycles. The molecule has 0 spiro atoms. The Hall–Kier alpha value is -0.870. The van der Waals surface area contributed by atoms with Crippen LogP contribution in [0, 0.1) is 12.3 Å². The lowest BCUT2D eigenvalue weighted by Gasteiger charge is -2.33. The molecule has 5 heteroatoms. The van der Waals surface area contributed by atoms with Crippen LogP contribution in [0.25, 0.3) is 10.2 Å². The summed E-state index contributed by atoms with van der Waals surface area (Å²) >= 11 is 7.70.